The average molecular weight is 289 g/mol. The van der Waals surface area contributed by atoms with Crippen LogP contribution >= 0.6 is 0 Å². The van der Waals surface area contributed by atoms with E-state index in [4.69, 9.17) is 0 Å². The van der Waals surface area contributed by atoms with Crippen LogP contribution < -0.4 is 16.0 Å². The van der Waals surface area contributed by atoms with E-state index in [-0.39, 0.29) is 18.0 Å². The number of rotatable bonds is 6. The molecule has 21 heavy (non-hydrogen) atoms. The van der Waals surface area contributed by atoms with Crippen LogP contribution in [0.5, 0.6) is 0 Å². The Balaban J connectivity index is 1.95. The quantitative estimate of drug-likeness (QED) is 0.753. The molecule has 2 rings (SSSR count). The lowest BCUT2D eigenvalue weighted by Crippen LogP contribution is -2.34. The second kappa shape index (κ2) is 7.11. The summed E-state index contributed by atoms with van der Waals surface area (Å²) in [6, 6.07) is 7.29. The SMILES string of the molecule is CCC(CC)NC(=O)c1cccc(NC(=O)NC2CC2)c1. The molecule has 5 heteroatoms. The largest absolute Gasteiger partial charge is 0.349 e. The lowest BCUT2D eigenvalue weighted by molar-refractivity contribution is 0.0935. The van der Waals surface area contributed by atoms with Crippen LogP contribution in [0.15, 0.2) is 24.3 Å². The Morgan fingerprint density at radius 1 is 1.24 bits per heavy atom. The summed E-state index contributed by atoms with van der Waals surface area (Å²) < 4.78 is 0. The number of hydrogen-bond acceptors (Lipinski definition) is 2. The molecule has 1 aromatic carbocycles. The molecule has 1 aliphatic carbocycles. The van der Waals surface area contributed by atoms with Crippen LogP contribution in [0.4, 0.5) is 10.5 Å². The first-order chi connectivity index (χ1) is 10.1. The summed E-state index contributed by atoms with van der Waals surface area (Å²) in [5.74, 6) is -0.102. The first kappa shape index (κ1) is 15.4. The summed E-state index contributed by atoms with van der Waals surface area (Å²) in [5, 5.41) is 8.60. The van der Waals surface area contributed by atoms with Crippen molar-refractivity contribution >= 4 is 17.6 Å². The summed E-state index contributed by atoms with van der Waals surface area (Å²) in [5.41, 5.74) is 1.19. The fraction of sp³-hybridized carbons (Fsp3) is 0.500. The topological polar surface area (TPSA) is 70.2 Å². The third kappa shape index (κ3) is 4.77. The van der Waals surface area contributed by atoms with Gasteiger partial charge in [-0.05, 0) is 43.9 Å². The zero-order chi connectivity index (χ0) is 15.2. The molecule has 0 aliphatic heterocycles. The minimum atomic E-state index is -0.213. The monoisotopic (exact) mass is 289 g/mol. The number of carbonyl (C=O) groups excluding carboxylic acids is 2. The molecular formula is C16H23N3O2. The van der Waals surface area contributed by atoms with Gasteiger partial charge in [0.15, 0.2) is 0 Å². The molecule has 1 saturated carbocycles. The minimum Gasteiger partial charge on any atom is -0.349 e. The van der Waals surface area contributed by atoms with E-state index >= 15 is 0 Å². The molecule has 0 aromatic heterocycles. The fourth-order valence-corrected chi connectivity index (χ4v) is 2.08. The van der Waals surface area contributed by atoms with Gasteiger partial charge < -0.3 is 16.0 Å². The lowest BCUT2D eigenvalue weighted by Gasteiger charge is -2.15. The number of anilines is 1. The first-order valence-electron chi connectivity index (χ1n) is 7.60. The van der Waals surface area contributed by atoms with E-state index in [0.717, 1.165) is 25.7 Å². The highest BCUT2D eigenvalue weighted by atomic mass is 16.2. The zero-order valence-corrected chi connectivity index (χ0v) is 12.6. The molecule has 0 heterocycles. The maximum absolute atomic E-state index is 12.2. The Kier molecular flexibility index (Phi) is 5.20. The maximum Gasteiger partial charge on any atom is 0.319 e. The molecule has 114 valence electrons. The van der Waals surface area contributed by atoms with E-state index in [9.17, 15) is 9.59 Å². The Bertz CT molecular complexity index is 508. The van der Waals surface area contributed by atoms with E-state index in [1.165, 1.54) is 0 Å². The molecule has 3 amide bonds. The molecule has 0 spiro atoms. The second-order valence-electron chi connectivity index (χ2n) is 5.44. The van der Waals surface area contributed by atoms with Crippen molar-refractivity contribution in [2.75, 3.05) is 5.32 Å². The van der Waals surface area contributed by atoms with Crippen molar-refractivity contribution in [3.63, 3.8) is 0 Å². The third-order valence-corrected chi connectivity index (χ3v) is 3.62. The van der Waals surface area contributed by atoms with Crippen molar-refractivity contribution in [1.29, 1.82) is 0 Å². The van der Waals surface area contributed by atoms with Crippen molar-refractivity contribution in [1.82, 2.24) is 10.6 Å². The molecule has 5 nitrogen and oxygen atoms in total. The zero-order valence-electron chi connectivity index (χ0n) is 12.6. The van der Waals surface area contributed by atoms with E-state index in [2.05, 4.69) is 29.8 Å². The predicted octanol–water partition coefficient (Wildman–Crippen LogP) is 2.89. The van der Waals surface area contributed by atoms with Crippen LogP contribution in [0.25, 0.3) is 0 Å². The number of carbonyl (C=O) groups is 2. The number of urea groups is 1. The number of nitrogens with one attached hydrogen (secondary N) is 3. The van der Waals surface area contributed by atoms with Gasteiger partial charge in [0.05, 0.1) is 0 Å². The van der Waals surface area contributed by atoms with E-state index in [1.807, 2.05) is 0 Å². The van der Waals surface area contributed by atoms with Gasteiger partial charge >= 0.3 is 6.03 Å². The molecule has 0 unspecified atom stereocenters. The third-order valence-electron chi connectivity index (χ3n) is 3.62. The molecular weight excluding hydrogens is 266 g/mol. The van der Waals surface area contributed by atoms with Crippen LogP contribution in [0.2, 0.25) is 0 Å². The molecule has 1 aliphatic rings. The average Bonchev–Trinajstić information content (AvgIpc) is 3.28. The van der Waals surface area contributed by atoms with Gasteiger partial charge in [0.25, 0.3) is 5.91 Å². The van der Waals surface area contributed by atoms with Crippen molar-refractivity contribution in [3.8, 4) is 0 Å². The number of hydrogen-bond donors (Lipinski definition) is 3. The predicted molar refractivity (Wildman–Crippen MR) is 83.5 cm³/mol. The van der Waals surface area contributed by atoms with Crippen LogP contribution in [0.3, 0.4) is 0 Å². The van der Waals surface area contributed by atoms with Gasteiger partial charge in [0.2, 0.25) is 0 Å². The van der Waals surface area contributed by atoms with Gasteiger partial charge in [-0.1, -0.05) is 19.9 Å². The van der Waals surface area contributed by atoms with Crippen LogP contribution in [0.1, 0.15) is 49.9 Å². The van der Waals surface area contributed by atoms with E-state index in [1.54, 1.807) is 24.3 Å². The second-order valence-corrected chi connectivity index (χ2v) is 5.44. The Morgan fingerprint density at radius 3 is 2.57 bits per heavy atom. The van der Waals surface area contributed by atoms with Crippen molar-refractivity contribution < 1.29 is 9.59 Å². The summed E-state index contributed by atoms with van der Waals surface area (Å²) in [4.78, 5) is 23.9. The lowest BCUT2D eigenvalue weighted by atomic mass is 10.1. The van der Waals surface area contributed by atoms with Crippen molar-refractivity contribution in [3.05, 3.63) is 29.8 Å². The van der Waals surface area contributed by atoms with E-state index < -0.39 is 0 Å². The molecule has 3 N–H and O–H groups in total. The van der Waals surface area contributed by atoms with E-state index in [0.29, 0.717) is 17.3 Å². The Hall–Kier alpha value is -2.04. The van der Waals surface area contributed by atoms with Gasteiger partial charge in [-0.2, -0.15) is 0 Å². The van der Waals surface area contributed by atoms with Gasteiger partial charge in [-0.15, -0.1) is 0 Å². The van der Waals surface area contributed by atoms with Crippen LogP contribution in [0, 0.1) is 0 Å². The van der Waals surface area contributed by atoms with Crippen molar-refractivity contribution in [2.24, 2.45) is 0 Å². The summed E-state index contributed by atoms with van der Waals surface area (Å²) in [6.45, 7) is 4.10. The number of amides is 3. The molecule has 0 atom stereocenters. The van der Waals surface area contributed by atoms with Crippen LogP contribution in [-0.2, 0) is 0 Å². The highest BCUT2D eigenvalue weighted by Crippen LogP contribution is 2.19. The van der Waals surface area contributed by atoms with Crippen LogP contribution in [-0.4, -0.2) is 24.0 Å². The maximum atomic E-state index is 12.2. The molecule has 1 aromatic rings. The van der Waals surface area contributed by atoms with Gasteiger partial charge in [-0.25, -0.2) is 4.79 Å². The highest BCUT2D eigenvalue weighted by molar-refractivity contribution is 5.97. The Labute approximate surface area is 125 Å². The molecule has 1 fully saturated rings. The molecule has 0 bridgehead atoms. The fourth-order valence-electron chi connectivity index (χ4n) is 2.08. The Morgan fingerprint density at radius 2 is 1.95 bits per heavy atom. The summed E-state index contributed by atoms with van der Waals surface area (Å²) in [6.07, 6.45) is 3.91. The van der Waals surface area contributed by atoms with Gasteiger partial charge in [-0.3, -0.25) is 4.79 Å². The first-order valence-corrected chi connectivity index (χ1v) is 7.60. The van der Waals surface area contributed by atoms with Crippen molar-refractivity contribution in [2.45, 2.75) is 51.6 Å². The van der Waals surface area contributed by atoms with Gasteiger partial charge in [0.1, 0.15) is 0 Å². The number of benzene rings is 1. The summed E-state index contributed by atoms with van der Waals surface area (Å²) in [7, 11) is 0. The van der Waals surface area contributed by atoms with Gasteiger partial charge in [0, 0.05) is 23.3 Å². The summed E-state index contributed by atoms with van der Waals surface area (Å²) >= 11 is 0. The smallest absolute Gasteiger partial charge is 0.319 e. The molecule has 0 radical (unpaired) electrons. The molecule has 0 saturated heterocycles. The normalized spacial score (nSPS) is 13.9. The standard InChI is InChI=1S/C16H23N3O2/c1-3-12(4-2)17-15(20)11-6-5-7-14(10-11)19-16(21)18-13-8-9-13/h5-7,10,12-13H,3-4,8-9H2,1-2H3,(H,17,20)(H2,18,19,21). The highest BCUT2D eigenvalue weighted by Gasteiger charge is 2.23. The minimum absolute atomic E-state index is 0.102.